The van der Waals surface area contributed by atoms with Gasteiger partial charge in [-0.05, 0) is 121 Å². The lowest BCUT2D eigenvalue weighted by molar-refractivity contribution is -0.173. The quantitative estimate of drug-likeness (QED) is 0.143. The monoisotopic (exact) mass is 1320 g/mol. The highest BCUT2D eigenvalue weighted by atomic mass is 16.3. The van der Waals surface area contributed by atoms with Crippen molar-refractivity contribution < 1.29 is 62.6 Å². The van der Waals surface area contributed by atoms with Gasteiger partial charge >= 0.3 is 0 Å². The third-order valence-corrected chi connectivity index (χ3v) is 19.5. The lowest BCUT2D eigenvalue weighted by atomic mass is 9.89. The molecular formula is C70H106N12O13. The van der Waals surface area contributed by atoms with Gasteiger partial charge in [-0.25, -0.2) is 0 Å². The minimum atomic E-state index is -1.67. The number of likely N-dealkylation sites (N-methyl/N-ethyl adjacent to an activating group) is 5. The van der Waals surface area contributed by atoms with Crippen LogP contribution in [0.2, 0.25) is 0 Å². The molecule has 2 bridgehead atoms. The largest absolute Gasteiger partial charge is 0.391 e. The Kier molecular flexibility index (Phi) is 27.3. The Labute approximate surface area is 561 Å². The van der Waals surface area contributed by atoms with Gasteiger partial charge in [0.25, 0.3) is 0 Å². The summed E-state index contributed by atoms with van der Waals surface area (Å²) in [5.41, 5.74) is 1.68. The molecule has 0 radical (unpaired) electrons. The summed E-state index contributed by atoms with van der Waals surface area (Å²) in [5, 5.41) is 22.2. The normalized spacial score (nSPS) is 28.1. The maximum Gasteiger partial charge on any atom is 0.248 e. The molecule has 0 spiro atoms. The molecular weight excluding hydrogens is 1220 g/mol. The maximum absolute atomic E-state index is 15.2. The fourth-order valence-electron chi connectivity index (χ4n) is 13.5. The zero-order chi connectivity index (χ0) is 70.4. The number of carbonyl (C=O) groups excluding carboxylic acids is 12. The molecule has 5 heterocycles. The van der Waals surface area contributed by atoms with Crippen LogP contribution in [0.25, 0.3) is 0 Å². The first-order chi connectivity index (χ1) is 44.8. The van der Waals surface area contributed by atoms with Gasteiger partial charge in [0.2, 0.25) is 70.9 Å². The Morgan fingerprint density at radius 1 is 0.526 bits per heavy atom. The number of aryl methyl sites for hydroxylation is 1. The summed E-state index contributed by atoms with van der Waals surface area (Å²) in [6.45, 7) is 17.5. The number of nitrogens with zero attached hydrogens (tertiary/aromatic N) is 8. The summed E-state index contributed by atoms with van der Waals surface area (Å²) in [6, 6.07) is 3.90. The van der Waals surface area contributed by atoms with Crippen molar-refractivity contribution >= 4 is 70.9 Å². The van der Waals surface area contributed by atoms with Crippen LogP contribution in [0.5, 0.6) is 0 Å². The molecule has 0 aromatic heterocycles. The van der Waals surface area contributed by atoms with E-state index in [9.17, 15) is 53.1 Å². The average Bonchev–Trinajstić information content (AvgIpc) is 1.07. The second-order valence-corrected chi connectivity index (χ2v) is 27.8. The molecule has 12 amide bonds. The maximum atomic E-state index is 15.2. The van der Waals surface area contributed by atoms with Gasteiger partial charge in [0, 0.05) is 61.3 Å². The van der Waals surface area contributed by atoms with Crippen molar-refractivity contribution in [2.45, 2.75) is 225 Å². The Bertz CT molecular complexity index is 3050. The Balaban J connectivity index is 1.41. The number of hydrogen-bond acceptors (Lipinski definition) is 13. The van der Waals surface area contributed by atoms with Crippen molar-refractivity contribution in [1.82, 2.24) is 60.5 Å². The van der Waals surface area contributed by atoms with Crippen molar-refractivity contribution in [3.05, 3.63) is 71.8 Å². The average molecular weight is 1320 g/mol. The van der Waals surface area contributed by atoms with Crippen LogP contribution in [-0.4, -0.2) is 249 Å². The van der Waals surface area contributed by atoms with Crippen LogP contribution in [0.4, 0.5) is 0 Å². The first-order valence-corrected chi connectivity index (χ1v) is 34.0. The number of carbonyl (C=O) groups is 12. The predicted molar refractivity (Wildman–Crippen MR) is 357 cm³/mol. The van der Waals surface area contributed by atoms with E-state index in [2.05, 4.69) is 21.3 Å². The van der Waals surface area contributed by atoms with E-state index in [0.29, 0.717) is 50.8 Å². The standard InChI is InChI=1S/C70H106N12O13/c1-41(2)37-50-65(90)79(15)59-44(7)82(70(59)95)53(32-25-31-48-27-19-16-20-28-48)67(92)75(11)45(8)63(88)77(13)54(38-42(3)4)61(86)72-51(66(91)80-34-23-18-24-35-80)40-56(84)73-57(43(5)6)62(87)74-58(47(10)83)69(94)76(12)46(9)64(89)78(14)55(39-49-29-21-17-22-30-49)68(93)81-36-26-33-52(81)60(85)71-50/h16-17,19-22,27-30,41-47,50-55,57-59,83H,18,23-26,31-40H2,1-15H3,(H,71,85)(H,72,86)(H,73,84)(H,74,87)/t44?,45-,46-,47+,50-,51-,52-,53-,54-,55-,57+,58-,59-/m0/s1. The van der Waals surface area contributed by atoms with Gasteiger partial charge in [-0.2, -0.15) is 0 Å². The zero-order valence-corrected chi connectivity index (χ0v) is 58.5. The van der Waals surface area contributed by atoms with E-state index in [1.807, 2.05) is 58.0 Å². The molecule has 524 valence electrons. The number of aliphatic hydroxyl groups is 1. The van der Waals surface area contributed by atoms with Crippen LogP contribution in [-0.2, 0) is 70.4 Å². The molecule has 2 aromatic rings. The molecule has 5 aliphatic rings. The number of piperidine rings is 1. The van der Waals surface area contributed by atoms with E-state index in [4.69, 9.17) is 0 Å². The number of nitrogens with one attached hydrogen (secondary N) is 4. The highest BCUT2D eigenvalue weighted by molar-refractivity contribution is 6.02. The number of β-lactam (4-membered cyclic amide) rings is 1. The third-order valence-electron chi connectivity index (χ3n) is 19.5. The van der Waals surface area contributed by atoms with E-state index in [0.717, 1.165) is 16.9 Å². The van der Waals surface area contributed by atoms with Gasteiger partial charge in [-0.1, -0.05) is 102 Å². The van der Waals surface area contributed by atoms with Crippen molar-refractivity contribution in [2.75, 3.05) is 54.9 Å². The van der Waals surface area contributed by atoms with E-state index in [-0.39, 0.29) is 50.5 Å². The van der Waals surface area contributed by atoms with E-state index < -0.39 is 162 Å². The molecule has 25 nitrogen and oxygen atoms in total. The predicted octanol–water partition coefficient (Wildman–Crippen LogP) is 2.50. The Morgan fingerprint density at radius 3 is 1.63 bits per heavy atom. The van der Waals surface area contributed by atoms with Crippen molar-refractivity contribution in [2.24, 2.45) is 17.8 Å². The first kappa shape index (κ1) is 76.1. The van der Waals surface area contributed by atoms with Crippen LogP contribution < -0.4 is 21.3 Å². The van der Waals surface area contributed by atoms with E-state index >= 15 is 9.59 Å². The lowest BCUT2D eigenvalue weighted by Crippen LogP contribution is -2.74. The molecule has 1 unspecified atom stereocenters. The number of amides is 12. The molecule has 0 aliphatic carbocycles. The summed E-state index contributed by atoms with van der Waals surface area (Å²) in [6.07, 6.45) is 2.08. The summed E-state index contributed by atoms with van der Waals surface area (Å²) in [4.78, 5) is 188. The lowest BCUT2D eigenvalue weighted by Gasteiger charge is -2.52. The number of rotatable bonds is 13. The summed E-state index contributed by atoms with van der Waals surface area (Å²) >= 11 is 0. The number of benzene rings is 2. The molecule has 5 aliphatic heterocycles. The van der Waals surface area contributed by atoms with E-state index in [1.54, 1.807) is 56.0 Å². The number of aliphatic hydroxyl groups excluding tert-OH is 1. The summed E-state index contributed by atoms with van der Waals surface area (Å²) in [7, 11) is 7.09. The SMILES string of the molecule is CC(C)C[C@@H]1NC(=O)[C@@H]2CCCN2C(=O)[C@H](Cc2ccccc2)N(C)C(=O)[C@H](C)N(C)C(=O)[C@H]([C@@H](C)O)NC(=O)[C@@H](C(C)C)NC(=O)C[C@@H](C(=O)N2CCCCC2)NC(=O)[C@H](CC(C)C)N(C)C(=O)[C@H](C)N(C)C(=O)[C@H](CCCc2ccccc2)N2C(=O)[C@H](C2C)N(C)C1=O. The molecule has 2 aromatic carbocycles. The molecule has 13 atom stereocenters. The highest BCUT2D eigenvalue weighted by Crippen LogP contribution is 2.32. The Hall–Kier alpha value is -7.96. The van der Waals surface area contributed by atoms with Crippen molar-refractivity contribution in [3.63, 3.8) is 0 Å². The van der Waals surface area contributed by atoms with Gasteiger partial charge in [0.1, 0.15) is 66.5 Å². The molecule has 95 heavy (non-hydrogen) atoms. The van der Waals surface area contributed by atoms with Crippen LogP contribution in [0.15, 0.2) is 60.7 Å². The fraction of sp³-hybridized carbons (Fsp3) is 0.657. The highest BCUT2D eigenvalue weighted by Gasteiger charge is 2.54. The summed E-state index contributed by atoms with van der Waals surface area (Å²) in [5.74, 6) is -9.07. The molecule has 25 heteroatoms. The summed E-state index contributed by atoms with van der Waals surface area (Å²) < 4.78 is 0. The van der Waals surface area contributed by atoms with E-state index in [1.165, 1.54) is 85.4 Å². The minimum Gasteiger partial charge on any atom is -0.391 e. The van der Waals surface area contributed by atoms with Crippen molar-refractivity contribution in [3.8, 4) is 0 Å². The minimum absolute atomic E-state index is 0.00186. The first-order valence-electron chi connectivity index (χ1n) is 34.0. The van der Waals surface area contributed by atoms with Crippen molar-refractivity contribution in [1.29, 1.82) is 0 Å². The zero-order valence-electron chi connectivity index (χ0n) is 58.5. The van der Waals surface area contributed by atoms with Crippen LogP contribution in [0, 0.1) is 17.8 Å². The molecule has 7 rings (SSSR count). The second kappa shape index (κ2) is 34.1. The van der Waals surface area contributed by atoms with Gasteiger partial charge in [0.15, 0.2) is 0 Å². The van der Waals surface area contributed by atoms with Gasteiger partial charge in [0.05, 0.1) is 18.6 Å². The smallest absolute Gasteiger partial charge is 0.248 e. The number of likely N-dealkylation sites (tertiary alicyclic amines) is 1. The van der Waals surface area contributed by atoms with Crippen LogP contribution in [0.3, 0.4) is 0 Å². The molecule has 5 N–H and O–H groups in total. The topological polar surface area (TPSA) is 299 Å². The van der Waals surface area contributed by atoms with Crippen LogP contribution >= 0.6 is 0 Å². The molecule has 0 saturated carbocycles. The van der Waals surface area contributed by atoms with Crippen LogP contribution in [0.1, 0.15) is 145 Å². The third kappa shape index (κ3) is 18.7. The molecule has 5 saturated heterocycles. The fourth-order valence-corrected chi connectivity index (χ4v) is 13.5. The van der Waals surface area contributed by atoms with Gasteiger partial charge in [-0.15, -0.1) is 0 Å². The van der Waals surface area contributed by atoms with Gasteiger partial charge in [-0.3, -0.25) is 57.5 Å². The molecule has 5 fully saturated rings. The number of hydrogen-bond donors (Lipinski definition) is 5. The number of fused-ring (bicyclic) bond motifs is 27. The van der Waals surface area contributed by atoms with Gasteiger partial charge < -0.3 is 65.6 Å². The Morgan fingerprint density at radius 2 is 1.08 bits per heavy atom. The second-order valence-electron chi connectivity index (χ2n) is 27.8.